The van der Waals surface area contributed by atoms with Crippen LogP contribution in [0.1, 0.15) is 60.9 Å². The number of halogens is 1. The molecule has 1 saturated carbocycles. The maximum absolute atomic E-state index is 14.9. The largest absolute Gasteiger partial charge is 0.383 e. The van der Waals surface area contributed by atoms with Crippen LogP contribution >= 0.6 is 0 Å². The van der Waals surface area contributed by atoms with E-state index in [2.05, 4.69) is 27.1 Å². The smallest absolute Gasteiger partial charge is 0.257 e. The molecule has 4 atom stereocenters. The van der Waals surface area contributed by atoms with Crippen molar-refractivity contribution in [2.75, 3.05) is 30.5 Å². The molecule has 1 amide bonds. The zero-order valence-corrected chi connectivity index (χ0v) is 20.9. The summed E-state index contributed by atoms with van der Waals surface area (Å²) in [6.45, 7) is 3.70. The second kappa shape index (κ2) is 10.5. The van der Waals surface area contributed by atoms with Crippen molar-refractivity contribution in [2.45, 2.75) is 57.0 Å². The Morgan fingerprint density at radius 3 is 2.92 bits per heavy atom. The summed E-state index contributed by atoms with van der Waals surface area (Å²) < 4.78 is 20.3. The lowest BCUT2D eigenvalue weighted by Gasteiger charge is -2.32. The van der Waals surface area contributed by atoms with Gasteiger partial charge >= 0.3 is 0 Å². The Balaban J connectivity index is 1.44. The quantitative estimate of drug-likeness (QED) is 0.511. The van der Waals surface area contributed by atoms with Crippen molar-refractivity contribution in [3.05, 3.63) is 59.8 Å². The zero-order chi connectivity index (χ0) is 25.2. The Morgan fingerprint density at radius 2 is 2.11 bits per heavy atom. The number of nitrogens with one attached hydrogen (secondary N) is 1. The number of amides is 1. The first-order valence-corrected chi connectivity index (χ1v) is 12.8. The van der Waals surface area contributed by atoms with Crippen molar-refractivity contribution >= 4 is 28.2 Å². The number of hydrogen-bond acceptors (Lipinski definition) is 6. The number of methoxy groups -OCH3 is 1. The number of nitrogens with two attached hydrogens (primary N) is 1. The molecule has 0 spiro atoms. The first-order valence-electron chi connectivity index (χ1n) is 12.8. The molecule has 1 aromatic carbocycles. The highest BCUT2D eigenvalue weighted by molar-refractivity contribution is 6.12. The molecule has 8 heteroatoms. The van der Waals surface area contributed by atoms with Crippen LogP contribution in [0.4, 0.5) is 15.8 Å². The normalized spacial score (nSPS) is 24.3. The minimum absolute atomic E-state index is 0.147. The fraction of sp³-hybridized carbons (Fsp3) is 0.464. The van der Waals surface area contributed by atoms with Crippen LogP contribution in [0, 0.1) is 11.7 Å². The summed E-state index contributed by atoms with van der Waals surface area (Å²) in [5.41, 5.74) is 9.53. The van der Waals surface area contributed by atoms with Gasteiger partial charge in [0.15, 0.2) is 0 Å². The molecule has 1 unspecified atom stereocenters. The van der Waals surface area contributed by atoms with Gasteiger partial charge in [-0.05, 0) is 73.8 Å². The van der Waals surface area contributed by atoms with Crippen molar-refractivity contribution < 1.29 is 13.9 Å². The molecule has 3 aromatic rings. The van der Waals surface area contributed by atoms with E-state index in [0.717, 1.165) is 49.9 Å². The van der Waals surface area contributed by atoms with Crippen LogP contribution in [0.15, 0.2) is 42.9 Å². The Morgan fingerprint density at radius 1 is 1.25 bits per heavy atom. The molecule has 1 saturated heterocycles. The van der Waals surface area contributed by atoms with Crippen LogP contribution in [0.2, 0.25) is 0 Å². The molecule has 0 radical (unpaired) electrons. The van der Waals surface area contributed by atoms with Gasteiger partial charge in [-0.1, -0.05) is 6.92 Å². The van der Waals surface area contributed by atoms with Crippen LogP contribution in [0.25, 0.3) is 10.9 Å². The zero-order valence-electron chi connectivity index (χ0n) is 20.9. The van der Waals surface area contributed by atoms with Crippen molar-refractivity contribution in [3.63, 3.8) is 0 Å². The summed E-state index contributed by atoms with van der Waals surface area (Å²) in [4.78, 5) is 24.4. The first-order chi connectivity index (χ1) is 17.4. The molecule has 5 rings (SSSR count). The summed E-state index contributed by atoms with van der Waals surface area (Å²) in [5.74, 6) is 0.0499. The van der Waals surface area contributed by atoms with Gasteiger partial charge in [-0.15, -0.1) is 0 Å². The van der Waals surface area contributed by atoms with E-state index in [1.54, 1.807) is 31.8 Å². The number of fused-ring (bicyclic) bond motifs is 1. The number of carbonyl (C=O) groups excluding carboxylic acids is 1. The molecule has 0 bridgehead atoms. The highest BCUT2D eigenvalue weighted by Crippen LogP contribution is 2.38. The molecule has 1 aliphatic heterocycles. The van der Waals surface area contributed by atoms with Gasteiger partial charge in [-0.25, -0.2) is 4.39 Å². The third-order valence-corrected chi connectivity index (χ3v) is 7.62. The maximum atomic E-state index is 14.9. The van der Waals surface area contributed by atoms with Gasteiger partial charge < -0.3 is 20.7 Å². The monoisotopic (exact) mass is 491 g/mol. The summed E-state index contributed by atoms with van der Waals surface area (Å²) in [5, 5.41) is 3.36. The summed E-state index contributed by atoms with van der Waals surface area (Å²) in [6.07, 6.45) is 10.1. The number of benzene rings is 1. The van der Waals surface area contributed by atoms with E-state index in [9.17, 15) is 9.18 Å². The van der Waals surface area contributed by atoms with Crippen LogP contribution in [-0.2, 0) is 4.74 Å². The molecule has 1 aliphatic carbocycles. The summed E-state index contributed by atoms with van der Waals surface area (Å²) in [6, 6.07) is 6.98. The average Bonchev–Trinajstić information content (AvgIpc) is 3.32. The van der Waals surface area contributed by atoms with Gasteiger partial charge in [0, 0.05) is 31.3 Å². The fourth-order valence-corrected chi connectivity index (χ4v) is 6.02. The highest BCUT2D eigenvalue weighted by Gasteiger charge is 2.28. The molecule has 2 aliphatic rings. The third-order valence-electron chi connectivity index (χ3n) is 7.62. The number of anilines is 2. The van der Waals surface area contributed by atoms with Gasteiger partial charge in [0.25, 0.3) is 5.91 Å². The lowest BCUT2D eigenvalue weighted by atomic mass is 9.76. The Bertz CT molecular complexity index is 1240. The Hall–Kier alpha value is -3.10. The number of nitrogens with zero attached hydrogens (tertiary/aromatic N) is 3. The van der Waals surface area contributed by atoms with Crippen LogP contribution in [-0.4, -0.2) is 48.2 Å². The SMILES string of the molecule is COCC1CCCN1c1cnc2c(C(=O)Nc3cnccc3[C@@H]3C[C@H](C)C[C@H](N)C3)ccc(F)c2c1. The van der Waals surface area contributed by atoms with E-state index >= 15 is 0 Å². The van der Waals surface area contributed by atoms with Crippen molar-refractivity contribution in [2.24, 2.45) is 11.7 Å². The lowest BCUT2D eigenvalue weighted by molar-refractivity contribution is 0.102. The lowest BCUT2D eigenvalue weighted by Crippen LogP contribution is -2.32. The fourth-order valence-electron chi connectivity index (χ4n) is 6.02. The van der Waals surface area contributed by atoms with E-state index < -0.39 is 5.82 Å². The average molecular weight is 492 g/mol. The van der Waals surface area contributed by atoms with E-state index in [-0.39, 0.29) is 23.9 Å². The minimum atomic E-state index is -0.398. The number of hydrogen-bond donors (Lipinski definition) is 2. The summed E-state index contributed by atoms with van der Waals surface area (Å²) in [7, 11) is 1.69. The molecule has 190 valence electrons. The molecule has 2 aromatic heterocycles. The predicted molar refractivity (Wildman–Crippen MR) is 140 cm³/mol. The number of carbonyl (C=O) groups is 1. The molecule has 3 heterocycles. The van der Waals surface area contributed by atoms with E-state index in [1.165, 1.54) is 12.1 Å². The highest BCUT2D eigenvalue weighted by atomic mass is 19.1. The third kappa shape index (κ3) is 4.92. The number of aromatic nitrogens is 2. The molecule has 3 N–H and O–H groups in total. The van der Waals surface area contributed by atoms with Crippen molar-refractivity contribution in [1.82, 2.24) is 9.97 Å². The van der Waals surface area contributed by atoms with Gasteiger partial charge in [0.2, 0.25) is 0 Å². The number of ether oxygens (including phenoxy) is 1. The van der Waals surface area contributed by atoms with Gasteiger partial charge in [-0.2, -0.15) is 0 Å². The van der Waals surface area contributed by atoms with E-state index in [4.69, 9.17) is 10.5 Å². The minimum Gasteiger partial charge on any atom is -0.383 e. The second-order valence-electron chi connectivity index (χ2n) is 10.3. The van der Waals surface area contributed by atoms with Gasteiger partial charge in [0.05, 0.1) is 47.5 Å². The Labute approximate surface area is 211 Å². The molecule has 2 fully saturated rings. The van der Waals surface area contributed by atoms with Crippen LogP contribution in [0.3, 0.4) is 0 Å². The topological polar surface area (TPSA) is 93.4 Å². The number of pyridine rings is 2. The Kier molecular flexibility index (Phi) is 7.16. The molecular weight excluding hydrogens is 457 g/mol. The summed E-state index contributed by atoms with van der Waals surface area (Å²) >= 11 is 0. The molecule has 36 heavy (non-hydrogen) atoms. The standard InChI is InChI=1S/C28H34FN5O2/c1-17-10-18(12-19(30)11-17)22-7-8-31-15-26(22)33-28(35)23-5-6-25(29)24-13-21(14-32-27(23)24)34-9-3-4-20(34)16-36-2/h5-8,13-15,17-20H,3-4,9-12,16,30H2,1-2H3,(H,33,35)/t17-,18+,19-,20?/m0/s1. The van der Waals surface area contributed by atoms with E-state index in [1.807, 2.05) is 6.07 Å². The first kappa shape index (κ1) is 24.6. The van der Waals surface area contributed by atoms with Crippen molar-refractivity contribution in [1.29, 1.82) is 0 Å². The van der Waals surface area contributed by atoms with Crippen LogP contribution in [0.5, 0.6) is 0 Å². The van der Waals surface area contributed by atoms with Crippen molar-refractivity contribution in [3.8, 4) is 0 Å². The molecule has 7 nitrogen and oxygen atoms in total. The van der Waals surface area contributed by atoms with Crippen LogP contribution < -0.4 is 16.0 Å². The predicted octanol–water partition coefficient (Wildman–Crippen LogP) is 4.87. The number of rotatable bonds is 6. The maximum Gasteiger partial charge on any atom is 0.257 e. The molecular formula is C28H34FN5O2. The van der Waals surface area contributed by atoms with E-state index in [0.29, 0.717) is 34.7 Å². The van der Waals surface area contributed by atoms with Gasteiger partial charge in [-0.3, -0.25) is 14.8 Å². The second-order valence-corrected chi connectivity index (χ2v) is 10.3. The van der Waals surface area contributed by atoms with Gasteiger partial charge in [0.1, 0.15) is 5.82 Å².